The van der Waals surface area contributed by atoms with Crippen LogP contribution in [0.25, 0.3) is 0 Å². The Bertz CT molecular complexity index is 582. The van der Waals surface area contributed by atoms with E-state index in [9.17, 15) is 0 Å². The Labute approximate surface area is 156 Å². The Kier molecular flexibility index (Phi) is 4.89. The van der Waals surface area contributed by atoms with Gasteiger partial charge >= 0.3 is 29.6 Å². The van der Waals surface area contributed by atoms with Crippen molar-refractivity contribution in [1.29, 1.82) is 0 Å². The molecule has 0 spiro atoms. The van der Waals surface area contributed by atoms with Gasteiger partial charge in [0.05, 0.1) is 0 Å². The molecule has 0 radical (unpaired) electrons. The first-order chi connectivity index (χ1) is 10.4. The molecule has 0 aromatic heterocycles. The van der Waals surface area contributed by atoms with E-state index in [1.807, 2.05) is 0 Å². The molecule has 0 heterocycles. The molecule has 0 saturated heterocycles. The van der Waals surface area contributed by atoms with Gasteiger partial charge in [-0.2, -0.15) is 0 Å². The second-order valence-electron chi connectivity index (χ2n) is 6.05. The van der Waals surface area contributed by atoms with E-state index in [0.29, 0.717) is 0 Å². The third-order valence-electron chi connectivity index (χ3n) is 5.01. The summed E-state index contributed by atoms with van der Waals surface area (Å²) < 4.78 is 0. The van der Waals surface area contributed by atoms with Gasteiger partial charge in [0.1, 0.15) is 0 Å². The van der Waals surface area contributed by atoms with Crippen molar-refractivity contribution in [2.24, 2.45) is 0 Å². The fourth-order valence-electron chi connectivity index (χ4n) is 4.14. The molecule has 4 rings (SSSR count). The molecule has 0 bridgehead atoms. The fourth-order valence-corrected chi connectivity index (χ4v) is 9.69. The summed E-state index contributed by atoms with van der Waals surface area (Å²) in [4.78, 5) is 0. The van der Waals surface area contributed by atoms with Gasteiger partial charge in [-0.1, -0.05) is 93.7 Å². The summed E-state index contributed by atoms with van der Waals surface area (Å²) in [5.74, 6) is 0. The fraction of sp³-hybridized carbons (Fsp3) is 0.200. The third kappa shape index (κ3) is 2.41. The van der Waals surface area contributed by atoms with Crippen LogP contribution < -0.4 is 0 Å². The van der Waals surface area contributed by atoms with Crippen LogP contribution >= 0.6 is 0 Å². The topological polar surface area (TPSA) is 0 Å². The van der Waals surface area contributed by atoms with Gasteiger partial charge in [0.25, 0.3) is 0 Å². The molecule has 4 aliphatic rings. The number of allylic oxidation sites excluding steroid dienone is 16. The Morgan fingerprint density at radius 1 is 0.500 bits per heavy atom. The summed E-state index contributed by atoms with van der Waals surface area (Å²) in [6, 6.07) is 0. The average molecular weight is 312 g/mol. The van der Waals surface area contributed by atoms with Crippen LogP contribution in [0.2, 0.25) is 0 Å². The minimum atomic E-state index is -1.87. The van der Waals surface area contributed by atoms with Gasteiger partial charge in [-0.3, -0.25) is 0 Å². The molecular weight excluding hydrogens is 291 g/mol. The normalized spacial score (nSPS) is 21.8. The molecule has 0 saturated carbocycles. The van der Waals surface area contributed by atoms with Gasteiger partial charge in [0, 0.05) is 0 Å². The number of hydrogen-bond acceptors (Lipinski definition) is 0. The zero-order chi connectivity index (χ0) is 14.1. The zero-order valence-electron chi connectivity index (χ0n) is 12.3. The van der Waals surface area contributed by atoms with E-state index < -0.39 is 8.07 Å². The molecule has 0 aromatic carbocycles. The average Bonchev–Trinajstić information content (AvgIpc) is 3.32. The molecular formula is C20H21NaSi. The van der Waals surface area contributed by atoms with Gasteiger partial charge in [0.2, 0.25) is 0 Å². The number of hydrogen-bond donors (Lipinski definition) is 0. The van der Waals surface area contributed by atoms with Crippen LogP contribution in [0.5, 0.6) is 0 Å². The molecule has 2 heteroatoms. The maximum absolute atomic E-state index is 2.41. The van der Waals surface area contributed by atoms with Crippen molar-refractivity contribution >= 4 is 37.6 Å². The van der Waals surface area contributed by atoms with Crippen molar-refractivity contribution < 1.29 is 0 Å². The maximum atomic E-state index is 2.41. The summed E-state index contributed by atoms with van der Waals surface area (Å²) in [7, 11) is -1.87. The number of rotatable bonds is 4. The van der Waals surface area contributed by atoms with Crippen LogP contribution in [-0.4, -0.2) is 37.6 Å². The molecule has 0 fully saturated rings. The van der Waals surface area contributed by atoms with E-state index in [2.05, 4.69) is 72.9 Å². The SMILES string of the molecule is C1=CCC([Si](C2=CC=CC2)(C2=CC=CC2)C2=CC=CC2)=C1.[NaH]. The third-order valence-corrected chi connectivity index (χ3v) is 10.3. The van der Waals surface area contributed by atoms with Crippen LogP contribution in [0.1, 0.15) is 25.7 Å². The quantitative estimate of drug-likeness (QED) is 0.671. The molecule has 0 unspecified atom stereocenters. The predicted molar refractivity (Wildman–Crippen MR) is 100 cm³/mol. The molecule has 106 valence electrons. The van der Waals surface area contributed by atoms with Crippen LogP contribution in [0.3, 0.4) is 0 Å². The van der Waals surface area contributed by atoms with Crippen molar-refractivity contribution in [3.63, 3.8) is 0 Å². The van der Waals surface area contributed by atoms with E-state index in [4.69, 9.17) is 0 Å². The van der Waals surface area contributed by atoms with Crippen molar-refractivity contribution in [2.45, 2.75) is 25.7 Å². The molecule has 22 heavy (non-hydrogen) atoms. The van der Waals surface area contributed by atoms with Crippen molar-refractivity contribution in [1.82, 2.24) is 0 Å². The summed E-state index contributed by atoms with van der Waals surface area (Å²) >= 11 is 0. The van der Waals surface area contributed by atoms with E-state index in [0.717, 1.165) is 25.7 Å². The van der Waals surface area contributed by atoms with Crippen LogP contribution in [-0.2, 0) is 0 Å². The van der Waals surface area contributed by atoms with Crippen molar-refractivity contribution in [2.75, 3.05) is 0 Å². The molecule has 0 atom stereocenters. The van der Waals surface area contributed by atoms with E-state index in [-0.39, 0.29) is 29.6 Å². The van der Waals surface area contributed by atoms with E-state index in [1.165, 1.54) is 0 Å². The Hall–Kier alpha value is -0.863. The summed E-state index contributed by atoms with van der Waals surface area (Å²) in [5, 5.41) is 6.73. The first kappa shape index (κ1) is 16.0. The monoisotopic (exact) mass is 312 g/mol. The second-order valence-corrected chi connectivity index (χ2v) is 10.1. The van der Waals surface area contributed by atoms with Crippen molar-refractivity contribution in [3.8, 4) is 0 Å². The van der Waals surface area contributed by atoms with Crippen LogP contribution in [0.4, 0.5) is 0 Å². The van der Waals surface area contributed by atoms with Gasteiger partial charge in [-0.25, -0.2) is 0 Å². The Morgan fingerprint density at radius 2 is 0.773 bits per heavy atom. The van der Waals surface area contributed by atoms with Crippen molar-refractivity contribution in [3.05, 3.63) is 93.7 Å². The molecule has 0 N–H and O–H groups in total. The molecule has 0 nitrogen and oxygen atoms in total. The van der Waals surface area contributed by atoms with Gasteiger partial charge in [-0.15, -0.1) is 0 Å². The molecule has 0 aliphatic heterocycles. The summed E-state index contributed by atoms with van der Waals surface area (Å²) in [6.07, 6.45) is 32.5. The first-order valence-electron chi connectivity index (χ1n) is 7.87. The standard InChI is InChI=1S/C20H20Si.Na.H/c1-2-10-17(9-1)21(18-11-3-4-12-18,19-13-5-6-14-19)20-15-7-8-16-20;;/h1-9,11,13,15H,10,12,14,16H2;;. The van der Waals surface area contributed by atoms with Gasteiger partial charge in [-0.05, 0) is 25.7 Å². The summed E-state index contributed by atoms with van der Waals surface area (Å²) in [5.41, 5.74) is 0. The van der Waals surface area contributed by atoms with Crippen LogP contribution in [0, 0.1) is 0 Å². The molecule has 0 aromatic rings. The Morgan fingerprint density at radius 3 is 0.955 bits per heavy atom. The second kappa shape index (κ2) is 6.72. The van der Waals surface area contributed by atoms with E-state index in [1.54, 1.807) is 20.8 Å². The molecule has 0 amide bonds. The molecule has 4 aliphatic carbocycles. The zero-order valence-corrected chi connectivity index (χ0v) is 13.3. The van der Waals surface area contributed by atoms with Crippen LogP contribution in [0.15, 0.2) is 93.7 Å². The Balaban J connectivity index is 0.00000144. The predicted octanol–water partition coefficient (Wildman–Crippen LogP) is 4.49. The minimum absolute atomic E-state index is 0. The van der Waals surface area contributed by atoms with Gasteiger partial charge in [0.15, 0.2) is 8.07 Å². The summed E-state index contributed by atoms with van der Waals surface area (Å²) in [6.45, 7) is 0. The van der Waals surface area contributed by atoms with E-state index >= 15 is 0 Å². The first-order valence-corrected chi connectivity index (χ1v) is 9.87. The van der Waals surface area contributed by atoms with Gasteiger partial charge < -0.3 is 0 Å².